The van der Waals surface area contributed by atoms with Crippen LogP contribution in [-0.4, -0.2) is 29.6 Å². The van der Waals surface area contributed by atoms with Crippen LogP contribution in [0.1, 0.15) is 26.4 Å². The second kappa shape index (κ2) is 8.89. The molecule has 8 nitrogen and oxygen atoms in total. The maximum atomic E-state index is 13.9. The van der Waals surface area contributed by atoms with Crippen molar-refractivity contribution in [1.29, 1.82) is 0 Å². The van der Waals surface area contributed by atoms with Crippen molar-refractivity contribution in [1.82, 2.24) is 4.98 Å². The number of carbonyl (C=O) groups is 2. The van der Waals surface area contributed by atoms with Crippen molar-refractivity contribution in [3.8, 4) is 11.5 Å². The third-order valence-corrected chi connectivity index (χ3v) is 4.77. The number of hydrogen-bond donors (Lipinski definition) is 3. The molecule has 4 rings (SSSR count). The number of halogens is 4. The molecule has 4 N–H and O–H groups in total. The van der Waals surface area contributed by atoms with Crippen LogP contribution in [-0.2, 0) is 6.42 Å². The van der Waals surface area contributed by atoms with Gasteiger partial charge in [-0.15, -0.1) is 8.78 Å². The number of anilines is 2. The third-order valence-electron chi connectivity index (χ3n) is 4.77. The van der Waals surface area contributed by atoms with E-state index in [1.54, 1.807) is 6.07 Å². The highest BCUT2D eigenvalue weighted by Crippen LogP contribution is 2.42. The Morgan fingerprint density at radius 1 is 1.00 bits per heavy atom. The number of nitrogens with zero attached hydrogens (tertiary/aromatic N) is 1. The number of ether oxygens (including phenoxy) is 2. The first-order valence-electron chi connectivity index (χ1n) is 9.80. The molecule has 2 heterocycles. The smallest absolute Gasteiger partial charge is 0.395 e. The molecule has 12 heteroatoms. The van der Waals surface area contributed by atoms with E-state index < -0.39 is 29.7 Å². The summed E-state index contributed by atoms with van der Waals surface area (Å²) in [5, 5.41) is 5.27. The number of carbonyl (C=O) groups excluding carboxylic acids is 2. The summed E-state index contributed by atoms with van der Waals surface area (Å²) < 4.78 is 62.7. The Bertz CT molecular complexity index is 1290. The fourth-order valence-electron chi connectivity index (χ4n) is 3.21. The zero-order valence-corrected chi connectivity index (χ0v) is 17.2. The van der Waals surface area contributed by atoms with Crippen LogP contribution in [0, 0.1) is 11.6 Å². The van der Waals surface area contributed by atoms with Crippen LogP contribution in [0.15, 0.2) is 48.7 Å². The fourth-order valence-corrected chi connectivity index (χ4v) is 3.21. The number of aromatic nitrogens is 1. The molecule has 0 spiro atoms. The summed E-state index contributed by atoms with van der Waals surface area (Å²) in [6.45, 7) is 0.187. The fraction of sp³-hybridized carbons (Fsp3) is 0.136. The van der Waals surface area contributed by atoms with Gasteiger partial charge in [0.05, 0.1) is 11.3 Å². The number of nitrogens with two attached hydrogens (primary N) is 1. The number of fused-ring (bicyclic) bond motifs is 1. The predicted molar refractivity (Wildman–Crippen MR) is 112 cm³/mol. The van der Waals surface area contributed by atoms with Crippen molar-refractivity contribution in [3.05, 3.63) is 77.1 Å². The Hall–Kier alpha value is -4.35. The average Bonchev–Trinajstić information content (AvgIpc) is 3.09. The van der Waals surface area contributed by atoms with Crippen molar-refractivity contribution in [3.63, 3.8) is 0 Å². The number of primary amides is 1. The molecule has 0 saturated carbocycles. The van der Waals surface area contributed by atoms with E-state index in [2.05, 4.69) is 25.1 Å². The number of pyridine rings is 1. The maximum Gasteiger partial charge on any atom is 0.586 e. The first kappa shape index (κ1) is 22.8. The maximum absolute atomic E-state index is 13.9. The first-order chi connectivity index (χ1) is 16.1. The van der Waals surface area contributed by atoms with Crippen LogP contribution >= 0.6 is 0 Å². The van der Waals surface area contributed by atoms with Crippen LogP contribution in [0.5, 0.6) is 11.5 Å². The van der Waals surface area contributed by atoms with E-state index in [0.717, 1.165) is 12.1 Å². The Morgan fingerprint density at radius 3 is 2.50 bits per heavy atom. The standard InChI is InChI=1S/C22H16F4N4O4/c23-14-9-13(21(32)30-12-1-2-18-19(8-12)34-22(25,26)33-18)16(10-15(14)24)28-5-3-11-4-6-29-17(7-11)20(27)31/h1-2,4,6-10,28H,3,5H2,(H2,27,31)(H,30,32). The third kappa shape index (κ3) is 5.00. The first-order valence-corrected chi connectivity index (χ1v) is 9.80. The largest absolute Gasteiger partial charge is 0.586 e. The SMILES string of the molecule is NC(=O)c1cc(CCNc2cc(F)c(F)cc2C(=O)Nc2ccc3c(c2)OC(F)(F)O3)ccn1. The van der Waals surface area contributed by atoms with E-state index in [-0.39, 0.29) is 40.7 Å². The minimum atomic E-state index is -3.82. The van der Waals surface area contributed by atoms with Gasteiger partial charge >= 0.3 is 6.29 Å². The van der Waals surface area contributed by atoms with E-state index in [9.17, 15) is 27.2 Å². The Labute approximate surface area is 189 Å². The molecule has 0 unspecified atom stereocenters. The highest BCUT2D eigenvalue weighted by Gasteiger charge is 2.43. The number of benzene rings is 2. The molecular weight excluding hydrogens is 460 g/mol. The monoisotopic (exact) mass is 476 g/mol. The van der Waals surface area contributed by atoms with Gasteiger partial charge in [-0.2, -0.15) is 0 Å². The lowest BCUT2D eigenvalue weighted by atomic mass is 10.1. The second-order valence-electron chi connectivity index (χ2n) is 7.19. The lowest BCUT2D eigenvalue weighted by Crippen LogP contribution is -2.25. The number of nitrogens with one attached hydrogen (secondary N) is 2. The molecule has 0 fully saturated rings. The van der Waals surface area contributed by atoms with Gasteiger partial charge in [0.1, 0.15) is 5.69 Å². The number of alkyl halides is 2. The molecule has 0 aliphatic carbocycles. The van der Waals surface area contributed by atoms with Gasteiger partial charge in [0, 0.05) is 30.6 Å². The summed E-state index contributed by atoms with van der Waals surface area (Å²) in [5.74, 6) is -4.45. The van der Waals surface area contributed by atoms with Gasteiger partial charge < -0.3 is 25.8 Å². The molecule has 1 aliphatic heterocycles. The van der Waals surface area contributed by atoms with E-state index in [4.69, 9.17) is 5.73 Å². The minimum Gasteiger partial charge on any atom is -0.395 e. The van der Waals surface area contributed by atoms with Crippen molar-refractivity contribution < 1.29 is 36.6 Å². The molecule has 3 aromatic rings. The summed E-state index contributed by atoms with van der Waals surface area (Å²) in [4.78, 5) is 27.8. The summed E-state index contributed by atoms with van der Waals surface area (Å²) in [6.07, 6.45) is -2.07. The minimum absolute atomic E-state index is 0.00661. The van der Waals surface area contributed by atoms with Crippen molar-refractivity contribution in [2.45, 2.75) is 12.7 Å². The number of hydrogen-bond acceptors (Lipinski definition) is 6. The van der Waals surface area contributed by atoms with E-state index in [1.165, 1.54) is 24.4 Å². The Balaban J connectivity index is 1.49. The van der Waals surface area contributed by atoms with E-state index in [0.29, 0.717) is 18.1 Å². The van der Waals surface area contributed by atoms with Crippen LogP contribution in [0.4, 0.5) is 28.9 Å². The predicted octanol–water partition coefficient (Wildman–Crippen LogP) is 3.69. The van der Waals surface area contributed by atoms with Gasteiger partial charge in [0.15, 0.2) is 23.1 Å². The normalized spacial score (nSPS) is 13.4. The number of amides is 2. The molecule has 176 valence electrons. The molecule has 0 radical (unpaired) electrons. The summed E-state index contributed by atoms with van der Waals surface area (Å²) in [7, 11) is 0. The zero-order valence-electron chi connectivity index (χ0n) is 17.2. The van der Waals surface area contributed by atoms with Crippen LogP contribution in [0.2, 0.25) is 0 Å². The van der Waals surface area contributed by atoms with E-state index >= 15 is 0 Å². The van der Waals surface area contributed by atoms with Crippen molar-refractivity contribution in [2.24, 2.45) is 5.73 Å². The van der Waals surface area contributed by atoms with Gasteiger partial charge in [-0.1, -0.05) is 0 Å². The van der Waals surface area contributed by atoms with Crippen LogP contribution in [0.25, 0.3) is 0 Å². The quantitative estimate of drug-likeness (QED) is 0.448. The summed E-state index contributed by atoms with van der Waals surface area (Å²) in [6, 6.07) is 8.25. The Morgan fingerprint density at radius 2 is 1.74 bits per heavy atom. The summed E-state index contributed by atoms with van der Waals surface area (Å²) in [5.41, 5.74) is 5.81. The highest BCUT2D eigenvalue weighted by atomic mass is 19.3. The van der Waals surface area contributed by atoms with E-state index in [1.807, 2.05) is 0 Å². The average molecular weight is 476 g/mol. The van der Waals surface area contributed by atoms with Crippen molar-refractivity contribution >= 4 is 23.2 Å². The zero-order chi connectivity index (χ0) is 24.5. The number of rotatable bonds is 7. The molecule has 1 aromatic heterocycles. The molecular formula is C22H16F4N4O4. The van der Waals surface area contributed by atoms with Gasteiger partial charge in [-0.25, -0.2) is 8.78 Å². The molecule has 0 atom stereocenters. The van der Waals surface area contributed by atoms with Gasteiger partial charge in [0.2, 0.25) is 0 Å². The van der Waals surface area contributed by atoms with Gasteiger partial charge in [-0.3, -0.25) is 14.6 Å². The molecule has 0 bridgehead atoms. The molecule has 34 heavy (non-hydrogen) atoms. The van der Waals surface area contributed by atoms with Gasteiger partial charge in [0.25, 0.3) is 11.8 Å². The van der Waals surface area contributed by atoms with Crippen LogP contribution in [0.3, 0.4) is 0 Å². The van der Waals surface area contributed by atoms with Crippen LogP contribution < -0.4 is 25.8 Å². The molecule has 0 saturated heterocycles. The topological polar surface area (TPSA) is 116 Å². The lowest BCUT2D eigenvalue weighted by Gasteiger charge is -2.13. The molecule has 1 aliphatic rings. The van der Waals surface area contributed by atoms with Crippen molar-refractivity contribution in [2.75, 3.05) is 17.2 Å². The lowest BCUT2D eigenvalue weighted by molar-refractivity contribution is -0.286. The van der Waals surface area contributed by atoms with Gasteiger partial charge in [-0.05, 0) is 42.3 Å². The second-order valence-corrected chi connectivity index (χ2v) is 7.19. The Kier molecular flexibility index (Phi) is 5.97. The summed E-state index contributed by atoms with van der Waals surface area (Å²) >= 11 is 0. The molecule has 2 aromatic carbocycles. The molecule has 2 amide bonds. The highest BCUT2D eigenvalue weighted by molar-refractivity contribution is 6.08.